The van der Waals surface area contributed by atoms with Crippen LogP contribution in [0.2, 0.25) is 0 Å². The molecule has 0 aromatic heterocycles. The van der Waals surface area contributed by atoms with Crippen molar-refractivity contribution in [3.63, 3.8) is 0 Å². The molecule has 0 radical (unpaired) electrons. The fourth-order valence-electron chi connectivity index (χ4n) is 3.03. The highest BCUT2D eigenvalue weighted by molar-refractivity contribution is 5.73. The number of hydrogen-bond acceptors (Lipinski definition) is 3. The average molecular weight is 239 g/mol. The van der Waals surface area contributed by atoms with Gasteiger partial charge in [0, 0.05) is 52.2 Å². The van der Waals surface area contributed by atoms with Crippen LogP contribution in [-0.2, 0) is 4.79 Å². The first-order chi connectivity index (χ1) is 8.00. The second-order valence-electron chi connectivity index (χ2n) is 6.01. The van der Waals surface area contributed by atoms with Crippen LogP contribution in [0.25, 0.3) is 0 Å². The van der Waals surface area contributed by atoms with Crippen LogP contribution in [0.3, 0.4) is 0 Å². The van der Waals surface area contributed by atoms with Crippen molar-refractivity contribution in [1.82, 2.24) is 15.1 Å². The number of carbonyl (C=O) groups is 1. The summed E-state index contributed by atoms with van der Waals surface area (Å²) in [4.78, 5) is 16.1. The second-order valence-corrected chi connectivity index (χ2v) is 6.01. The number of carbonyl (C=O) groups excluding carboxylic acids is 1. The lowest BCUT2D eigenvalue weighted by atomic mass is 9.77. The van der Waals surface area contributed by atoms with Crippen molar-refractivity contribution in [2.75, 3.05) is 39.3 Å². The third kappa shape index (κ3) is 2.80. The van der Waals surface area contributed by atoms with Crippen LogP contribution in [0.1, 0.15) is 27.2 Å². The Morgan fingerprint density at radius 1 is 1.24 bits per heavy atom. The van der Waals surface area contributed by atoms with Gasteiger partial charge in [0.1, 0.15) is 0 Å². The van der Waals surface area contributed by atoms with Crippen molar-refractivity contribution in [3.8, 4) is 0 Å². The van der Waals surface area contributed by atoms with E-state index < -0.39 is 0 Å². The van der Waals surface area contributed by atoms with E-state index in [1.165, 1.54) is 0 Å². The quantitative estimate of drug-likeness (QED) is 0.725. The number of likely N-dealkylation sites (tertiary alicyclic amines) is 1. The normalized spacial score (nSPS) is 30.3. The molecule has 0 aromatic carbocycles. The van der Waals surface area contributed by atoms with Crippen molar-refractivity contribution in [3.05, 3.63) is 0 Å². The van der Waals surface area contributed by atoms with Crippen LogP contribution in [0.5, 0.6) is 0 Å². The number of piperidine rings is 1. The average Bonchev–Trinajstić information content (AvgIpc) is 2.29. The largest absolute Gasteiger partial charge is 0.341 e. The molecule has 2 saturated heterocycles. The molecule has 4 nitrogen and oxygen atoms in total. The Bertz CT molecular complexity index is 284. The molecule has 2 rings (SSSR count). The van der Waals surface area contributed by atoms with Gasteiger partial charge in [0.2, 0.25) is 5.91 Å². The number of nitrogens with one attached hydrogen (secondary N) is 1. The van der Waals surface area contributed by atoms with Crippen LogP contribution in [0.15, 0.2) is 0 Å². The minimum atomic E-state index is 0.223. The maximum atomic E-state index is 11.5. The molecule has 17 heavy (non-hydrogen) atoms. The first kappa shape index (κ1) is 12.8. The number of piperazine rings is 1. The molecule has 1 atom stereocenters. The van der Waals surface area contributed by atoms with E-state index in [2.05, 4.69) is 24.1 Å². The van der Waals surface area contributed by atoms with Gasteiger partial charge < -0.3 is 10.2 Å². The molecule has 2 aliphatic rings. The van der Waals surface area contributed by atoms with E-state index >= 15 is 0 Å². The maximum Gasteiger partial charge on any atom is 0.219 e. The lowest BCUT2D eigenvalue weighted by molar-refractivity contribution is -0.133. The minimum absolute atomic E-state index is 0.223. The summed E-state index contributed by atoms with van der Waals surface area (Å²) in [5, 5.41) is 3.39. The monoisotopic (exact) mass is 239 g/mol. The molecule has 4 heteroatoms. The summed E-state index contributed by atoms with van der Waals surface area (Å²) in [6.07, 6.45) is 1.11. The Hall–Kier alpha value is -0.610. The molecule has 0 aromatic rings. The summed E-state index contributed by atoms with van der Waals surface area (Å²) < 4.78 is 0. The third-order valence-electron chi connectivity index (χ3n) is 4.36. The van der Waals surface area contributed by atoms with Gasteiger partial charge in [-0.2, -0.15) is 0 Å². The minimum Gasteiger partial charge on any atom is -0.341 e. The number of nitrogens with zero attached hydrogens (tertiary/aromatic N) is 2. The summed E-state index contributed by atoms with van der Waals surface area (Å²) in [5.74, 6) is 0.223. The summed E-state index contributed by atoms with van der Waals surface area (Å²) in [6, 6.07) is 0.516. The molecule has 2 fully saturated rings. The molecule has 0 saturated carbocycles. The predicted molar refractivity (Wildman–Crippen MR) is 68.9 cm³/mol. The molecular formula is C13H25N3O. The molecule has 2 heterocycles. The summed E-state index contributed by atoms with van der Waals surface area (Å²) in [5.41, 5.74) is 0.323. The van der Waals surface area contributed by atoms with E-state index in [9.17, 15) is 4.79 Å². The molecule has 0 spiro atoms. The van der Waals surface area contributed by atoms with Gasteiger partial charge >= 0.3 is 0 Å². The van der Waals surface area contributed by atoms with Crippen molar-refractivity contribution < 1.29 is 4.79 Å². The van der Waals surface area contributed by atoms with Crippen LogP contribution < -0.4 is 5.32 Å². The van der Waals surface area contributed by atoms with Crippen LogP contribution in [-0.4, -0.2) is 61.0 Å². The van der Waals surface area contributed by atoms with Gasteiger partial charge in [0.25, 0.3) is 0 Å². The van der Waals surface area contributed by atoms with Crippen LogP contribution in [0.4, 0.5) is 0 Å². The highest BCUT2D eigenvalue weighted by atomic mass is 16.2. The third-order valence-corrected chi connectivity index (χ3v) is 4.36. The van der Waals surface area contributed by atoms with Crippen molar-refractivity contribution >= 4 is 5.91 Å². The van der Waals surface area contributed by atoms with E-state index in [1.807, 2.05) is 4.90 Å². The van der Waals surface area contributed by atoms with E-state index in [4.69, 9.17) is 0 Å². The second kappa shape index (κ2) is 4.94. The fraction of sp³-hybridized carbons (Fsp3) is 0.923. The molecule has 0 bridgehead atoms. The Balaban J connectivity index is 2.06. The Morgan fingerprint density at radius 3 is 2.47 bits per heavy atom. The Kier molecular flexibility index (Phi) is 3.73. The molecule has 1 N–H and O–H groups in total. The smallest absolute Gasteiger partial charge is 0.219 e. The lowest BCUT2D eigenvalue weighted by Crippen LogP contribution is -2.60. The standard InChI is InChI=1S/C13H25N3O/c1-11(17)16-7-4-13(2,3)12(10-16)15-8-5-14-6-9-15/h12,14H,4-10H2,1-3H3. The van der Waals surface area contributed by atoms with Gasteiger partial charge in [-0.15, -0.1) is 0 Å². The first-order valence-electron chi connectivity index (χ1n) is 6.71. The lowest BCUT2D eigenvalue weighted by Gasteiger charge is -2.49. The summed E-state index contributed by atoms with van der Waals surface area (Å²) in [6.45, 7) is 12.6. The molecule has 98 valence electrons. The van der Waals surface area contributed by atoms with E-state index in [0.29, 0.717) is 11.5 Å². The van der Waals surface area contributed by atoms with Gasteiger partial charge in [-0.3, -0.25) is 9.69 Å². The zero-order valence-electron chi connectivity index (χ0n) is 11.3. The van der Waals surface area contributed by atoms with E-state index in [-0.39, 0.29) is 5.91 Å². The SMILES string of the molecule is CC(=O)N1CCC(C)(C)C(N2CCNCC2)C1. The van der Waals surface area contributed by atoms with Crippen LogP contribution >= 0.6 is 0 Å². The number of hydrogen-bond donors (Lipinski definition) is 1. The predicted octanol–water partition coefficient (Wildman–Crippen LogP) is 0.539. The van der Waals surface area contributed by atoms with E-state index in [1.54, 1.807) is 6.92 Å². The number of rotatable bonds is 1. The highest BCUT2D eigenvalue weighted by Crippen LogP contribution is 2.34. The summed E-state index contributed by atoms with van der Waals surface area (Å²) in [7, 11) is 0. The van der Waals surface area contributed by atoms with Crippen molar-refractivity contribution in [2.24, 2.45) is 5.41 Å². The van der Waals surface area contributed by atoms with E-state index in [0.717, 1.165) is 45.7 Å². The molecule has 2 aliphatic heterocycles. The van der Waals surface area contributed by atoms with Crippen LogP contribution in [0, 0.1) is 5.41 Å². The topological polar surface area (TPSA) is 35.6 Å². The fourth-order valence-corrected chi connectivity index (χ4v) is 3.03. The van der Waals surface area contributed by atoms with Gasteiger partial charge in [0.15, 0.2) is 0 Å². The van der Waals surface area contributed by atoms with Gasteiger partial charge in [-0.05, 0) is 11.8 Å². The van der Waals surface area contributed by atoms with Gasteiger partial charge in [-0.1, -0.05) is 13.8 Å². The Labute approximate surface area is 104 Å². The highest BCUT2D eigenvalue weighted by Gasteiger charge is 2.39. The van der Waals surface area contributed by atoms with Gasteiger partial charge in [-0.25, -0.2) is 0 Å². The summed E-state index contributed by atoms with van der Waals surface area (Å²) >= 11 is 0. The van der Waals surface area contributed by atoms with Gasteiger partial charge in [0.05, 0.1) is 0 Å². The zero-order chi connectivity index (χ0) is 12.5. The molecule has 1 unspecified atom stereocenters. The zero-order valence-corrected chi connectivity index (χ0v) is 11.3. The molecular weight excluding hydrogens is 214 g/mol. The first-order valence-corrected chi connectivity index (χ1v) is 6.71. The maximum absolute atomic E-state index is 11.5. The molecule has 0 aliphatic carbocycles. The Morgan fingerprint density at radius 2 is 1.88 bits per heavy atom. The number of amides is 1. The van der Waals surface area contributed by atoms with Crippen molar-refractivity contribution in [1.29, 1.82) is 0 Å². The molecule has 1 amide bonds. The van der Waals surface area contributed by atoms with Crippen molar-refractivity contribution in [2.45, 2.75) is 33.2 Å².